The van der Waals surface area contributed by atoms with Gasteiger partial charge in [0.25, 0.3) is 0 Å². The van der Waals surface area contributed by atoms with E-state index >= 15 is 0 Å². The average molecular weight is 219 g/mol. The van der Waals surface area contributed by atoms with Crippen molar-refractivity contribution in [1.29, 1.82) is 0 Å². The third-order valence-corrected chi connectivity index (χ3v) is 2.35. The highest BCUT2D eigenvalue weighted by atomic mass is 14.9. The number of hydrogen-bond donors (Lipinski definition) is 2. The summed E-state index contributed by atoms with van der Waals surface area (Å²) < 4.78 is 0. The molecule has 0 saturated carbocycles. The minimum absolute atomic E-state index is 0.100. The van der Waals surface area contributed by atoms with E-state index in [1.165, 1.54) is 0 Å². The quantitative estimate of drug-likeness (QED) is 0.712. The van der Waals surface area contributed by atoms with Crippen LogP contribution in [0.15, 0.2) is 41.2 Å². The van der Waals surface area contributed by atoms with Crippen molar-refractivity contribution in [3.8, 4) is 0 Å². The van der Waals surface area contributed by atoms with E-state index in [1.807, 2.05) is 37.6 Å². The van der Waals surface area contributed by atoms with Gasteiger partial charge in [-0.15, -0.1) is 0 Å². The lowest BCUT2D eigenvalue weighted by Gasteiger charge is -2.04. The fourth-order valence-corrected chi connectivity index (χ4v) is 1.41. The Labute approximate surface area is 97.8 Å². The van der Waals surface area contributed by atoms with E-state index in [-0.39, 0.29) is 6.04 Å². The molecule has 2 atom stereocenters. The Morgan fingerprint density at radius 3 is 3.25 bits per heavy atom. The first-order chi connectivity index (χ1) is 7.72. The number of nitrogens with one attached hydrogen (secondary N) is 1. The van der Waals surface area contributed by atoms with Gasteiger partial charge >= 0.3 is 0 Å². The van der Waals surface area contributed by atoms with Crippen LogP contribution >= 0.6 is 0 Å². The summed E-state index contributed by atoms with van der Waals surface area (Å²) in [5.41, 5.74) is 6.80. The van der Waals surface area contributed by atoms with Crippen LogP contribution < -0.4 is 11.1 Å². The maximum absolute atomic E-state index is 5.84. The summed E-state index contributed by atoms with van der Waals surface area (Å²) in [5.74, 6) is 0. The standard InChI is InChI=1S/C13H21N3/c1-3-5-12(14)6-4-7-13-10-16-11(2)8-9-15-13/h3-5,7,9-12,16H,6,8,14H2,1-2H3/b5-3-,7-4+/t11?,12-/m0/s1. The Morgan fingerprint density at radius 2 is 2.50 bits per heavy atom. The van der Waals surface area contributed by atoms with Crippen molar-refractivity contribution in [2.45, 2.75) is 38.8 Å². The highest BCUT2D eigenvalue weighted by Crippen LogP contribution is 2.04. The zero-order valence-corrected chi connectivity index (χ0v) is 10.1. The Hall–Kier alpha value is -1.35. The van der Waals surface area contributed by atoms with Crippen molar-refractivity contribution in [3.05, 3.63) is 36.2 Å². The molecule has 0 aromatic carbocycles. The van der Waals surface area contributed by atoms with Crippen LogP contribution in [0.25, 0.3) is 0 Å². The summed E-state index contributed by atoms with van der Waals surface area (Å²) in [6, 6.07) is 0.559. The molecule has 3 heteroatoms. The number of aliphatic imine (C=N–C) groups is 1. The van der Waals surface area contributed by atoms with Crippen LogP contribution in [0.2, 0.25) is 0 Å². The van der Waals surface area contributed by atoms with Crippen LogP contribution in [-0.2, 0) is 0 Å². The zero-order chi connectivity index (χ0) is 11.8. The second-order valence-corrected chi connectivity index (χ2v) is 4.01. The van der Waals surface area contributed by atoms with Gasteiger partial charge in [0.1, 0.15) is 0 Å². The summed E-state index contributed by atoms with van der Waals surface area (Å²) in [4.78, 5) is 4.34. The van der Waals surface area contributed by atoms with E-state index in [9.17, 15) is 0 Å². The topological polar surface area (TPSA) is 50.4 Å². The molecule has 0 saturated heterocycles. The van der Waals surface area contributed by atoms with Crippen molar-refractivity contribution in [3.63, 3.8) is 0 Å². The molecule has 0 radical (unpaired) electrons. The SMILES string of the molecule is C/C=C\[C@H](N)C/C=C/C1=CNC(C)CC=N1. The average Bonchev–Trinajstić information content (AvgIpc) is 2.44. The summed E-state index contributed by atoms with van der Waals surface area (Å²) in [6.07, 6.45) is 13.7. The maximum atomic E-state index is 5.84. The molecule has 0 aromatic rings. The Morgan fingerprint density at radius 1 is 1.69 bits per heavy atom. The number of hydrogen-bond acceptors (Lipinski definition) is 3. The molecule has 1 rings (SSSR count). The van der Waals surface area contributed by atoms with Gasteiger partial charge in [-0.3, -0.25) is 4.99 Å². The number of nitrogens with zero attached hydrogens (tertiary/aromatic N) is 1. The van der Waals surface area contributed by atoms with Crippen LogP contribution in [0, 0.1) is 0 Å². The molecular formula is C13H21N3. The summed E-state index contributed by atoms with van der Waals surface area (Å²) in [5, 5.41) is 3.27. The van der Waals surface area contributed by atoms with E-state index in [2.05, 4.69) is 23.3 Å². The molecule has 3 N–H and O–H groups in total. The molecule has 0 bridgehead atoms. The first-order valence-corrected chi connectivity index (χ1v) is 5.76. The van der Waals surface area contributed by atoms with Crippen molar-refractivity contribution < 1.29 is 0 Å². The molecule has 0 aromatic heterocycles. The molecule has 0 fully saturated rings. The second kappa shape index (κ2) is 7.01. The monoisotopic (exact) mass is 219 g/mol. The normalized spacial score (nSPS) is 23.2. The van der Waals surface area contributed by atoms with Crippen molar-refractivity contribution >= 4 is 6.21 Å². The summed E-state index contributed by atoms with van der Waals surface area (Å²) in [6.45, 7) is 4.12. The Kier molecular flexibility index (Phi) is 5.57. The molecule has 16 heavy (non-hydrogen) atoms. The van der Waals surface area contributed by atoms with Gasteiger partial charge in [0, 0.05) is 30.9 Å². The predicted octanol–water partition coefficient (Wildman–Crippen LogP) is 2.13. The minimum atomic E-state index is 0.100. The molecule has 88 valence electrons. The lowest BCUT2D eigenvalue weighted by atomic mass is 10.2. The number of allylic oxidation sites excluding steroid dienone is 2. The first kappa shape index (κ1) is 12.7. The summed E-state index contributed by atoms with van der Waals surface area (Å²) >= 11 is 0. The first-order valence-electron chi connectivity index (χ1n) is 5.76. The molecule has 0 amide bonds. The van der Waals surface area contributed by atoms with E-state index in [0.29, 0.717) is 6.04 Å². The molecule has 1 aliphatic heterocycles. The number of rotatable bonds is 4. The molecule has 1 unspecified atom stereocenters. The fourth-order valence-electron chi connectivity index (χ4n) is 1.41. The molecular weight excluding hydrogens is 198 g/mol. The minimum Gasteiger partial charge on any atom is -0.386 e. The van der Waals surface area contributed by atoms with Crippen molar-refractivity contribution in [2.75, 3.05) is 0 Å². The van der Waals surface area contributed by atoms with Gasteiger partial charge in [-0.1, -0.05) is 18.2 Å². The van der Waals surface area contributed by atoms with Crippen LogP contribution in [0.3, 0.4) is 0 Å². The highest BCUT2D eigenvalue weighted by Gasteiger charge is 2.00. The van der Waals surface area contributed by atoms with Gasteiger partial charge in [-0.2, -0.15) is 0 Å². The second-order valence-electron chi connectivity index (χ2n) is 4.01. The smallest absolute Gasteiger partial charge is 0.0779 e. The molecule has 1 heterocycles. The molecule has 0 spiro atoms. The Balaban J connectivity index is 2.44. The third-order valence-electron chi connectivity index (χ3n) is 2.35. The van der Waals surface area contributed by atoms with E-state index < -0.39 is 0 Å². The van der Waals surface area contributed by atoms with Gasteiger partial charge in [-0.25, -0.2) is 0 Å². The zero-order valence-electron chi connectivity index (χ0n) is 10.1. The fraction of sp³-hybridized carbons (Fsp3) is 0.462. The van der Waals surface area contributed by atoms with E-state index in [1.54, 1.807) is 0 Å². The molecule has 0 aliphatic carbocycles. The van der Waals surface area contributed by atoms with E-state index in [4.69, 9.17) is 5.73 Å². The van der Waals surface area contributed by atoms with Crippen LogP contribution in [0.5, 0.6) is 0 Å². The lowest BCUT2D eigenvalue weighted by Crippen LogP contribution is -2.19. The van der Waals surface area contributed by atoms with Gasteiger partial charge in [0.2, 0.25) is 0 Å². The highest BCUT2D eigenvalue weighted by molar-refractivity contribution is 5.61. The third kappa shape index (κ3) is 4.94. The van der Waals surface area contributed by atoms with Gasteiger partial charge in [0.15, 0.2) is 0 Å². The predicted molar refractivity (Wildman–Crippen MR) is 70.3 cm³/mol. The van der Waals surface area contributed by atoms with Gasteiger partial charge in [0.05, 0.1) is 5.70 Å². The van der Waals surface area contributed by atoms with Gasteiger partial charge in [-0.05, 0) is 26.3 Å². The largest absolute Gasteiger partial charge is 0.386 e. The Bertz CT molecular complexity index is 313. The molecule has 1 aliphatic rings. The van der Waals surface area contributed by atoms with Crippen molar-refractivity contribution in [2.24, 2.45) is 10.7 Å². The maximum Gasteiger partial charge on any atom is 0.0779 e. The van der Waals surface area contributed by atoms with Crippen molar-refractivity contribution in [1.82, 2.24) is 5.32 Å². The summed E-state index contributed by atoms with van der Waals surface area (Å²) in [7, 11) is 0. The van der Waals surface area contributed by atoms with Crippen LogP contribution in [-0.4, -0.2) is 18.3 Å². The van der Waals surface area contributed by atoms with Crippen LogP contribution in [0.4, 0.5) is 0 Å². The molecule has 3 nitrogen and oxygen atoms in total. The van der Waals surface area contributed by atoms with E-state index in [0.717, 1.165) is 18.5 Å². The lowest BCUT2D eigenvalue weighted by molar-refractivity contribution is 0.672. The van der Waals surface area contributed by atoms with Gasteiger partial charge < -0.3 is 11.1 Å². The van der Waals surface area contributed by atoms with Crippen LogP contribution in [0.1, 0.15) is 26.7 Å². The number of nitrogens with two attached hydrogens (primary N) is 1.